The van der Waals surface area contributed by atoms with Gasteiger partial charge in [-0.1, -0.05) is 34.0 Å². The molecule has 0 saturated heterocycles. The quantitative estimate of drug-likeness (QED) is 0.454. The van der Waals surface area contributed by atoms with Crippen molar-refractivity contribution in [2.75, 3.05) is 0 Å². The average molecular weight is 454 g/mol. The maximum absolute atomic E-state index is 11.8. The van der Waals surface area contributed by atoms with E-state index in [9.17, 15) is 9.59 Å². The number of terminal acetylenes is 1. The van der Waals surface area contributed by atoms with Crippen LogP contribution in [-0.4, -0.2) is 14.3 Å². The highest BCUT2D eigenvalue weighted by molar-refractivity contribution is 9.10. The lowest BCUT2D eigenvalue weighted by Crippen LogP contribution is -2.17. The van der Waals surface area contributed by atoms with Gasteiger partial charge in [0.15, 0.2) is 0 Å². The van der Waals surface area contributed by atoms with Crippen molar-refractivity contribution in [3.63, 3.8) is 0 Å². The van der Waals surface area contributed by atoms with E-state index in [1.54, 1.807) is 0 Å². The Balaban J connectivity index is 1.68. The molecular formula is C21H16BrN3O4. The second-order valence-electron chi connectivity index (χ2n) is 6.43. The van der Waals surface area contributed by atoms with Gasteiger partial charge in [0.1, 0.15) is 12.4 Å². The number of benzene rings is 2. The molecule has 29 heavy (non-hydrogen) atoms. The summed E-state index contributed by atoms with van der Waals surface area (Å²) in [5.74, 6) is 2.50. The summed E-state index contributed by atoms with van der Waals surface area (Å²) in [6.07, 6.45) is 7.32. The highest BCUT2D eigenvalue weighted by atomic mass is 79.9. The summed E-state index contributed by atoms with van der Waals surface area (Å²) in [6.45, 7) is 0.888. The number of aromatic nitrogens is 3. The Bertz CT molecular complexity index is 1340. The van der Waals surface area contributed by atoms with Crippen LogP contribution in [-0.2, 0) is 19.7 Å². The van der Waals surface area contributed by atoms with Crippen LogP contribution in [0.2, 0.25) is 0 Å². The molecule has 0 bridgehead atoms. The van der Waals surface area contributed by atoms with Gasteiger partial charge in [-0.25, -0.2) is 14.6 Å². The molecule has 0 unspecified atom stereocenters. The summed E-state index contributed by atoms with van der Waals surface area (Å²) in [7, 11) is 0. The Hall–Kier alpha value is -3.44. The van der Waals surface area contributed by atoms with Crippen LogP contribution in [0.15, 0.2) is 67.2 Å². The summed E-state index contributed by atoms with van der Waals surface area (Å²) in [5, 5.41) is 0.864. The van der Waals surface area contributed by atoms with Gasteiger partial charge < -0.3 is 13.8 Å². The molecule has 0 aliphatic rings. The molecule has 7 nitrogen and oxygen atoms in total. The normalized spacial score (nSPS) is 10.9. The number of hydrogen-bond donors (Lipinski definition) is 1. The Labute approximate surface area is 173 Å². The largest absolute Gasteiger partial charge is 0.489 e. The van der Waals surface area contributed by atoms with Crippen molar-refractivity contribution in [2.24, 2.45) is 0 Å². The van der Waals surface area contributed by atoms with Crippen LogP contribution in [0.25, 0.3) is 10.9 Å². The van der Waals surface area contributed by atoms with Crippen LogP contribution in [0.5, 0.6) is 5.75 Å². The van der Waals surface area contributed by atoms with E-state index in [-0.39, 0.29) is 6.54 Å². The first-order valence-corrected chi connectivity index (χ1v) is 9.56. The van der Waals surface area contributed by atoms with Crippen molar-refractivity contribution in [1.82, 2.24) is 14.3 Å². The first-order chi connectivity index (χ1) is 14.0. The zero-order valence-corrected chi connectivity index (χ0v) is 16.8. The number of rotatable bonds is 6. The van der Waals surface area contributed by atoms with E-state index in [1.165, 1.54) is 0 Å². The Morgan fingerprint density at radius 2 is 2.07 bits per heavy atom. The monoisotopic (exact) mass is 453 g/mol. The number of ether oxygens (including phenoxy) is 1. The van der Waals surface area contributed by atoms with E-state index in [0.717, 1.165) is 31.2 Å². The van der Waals surface area contributed by atoms with Gasteiger partial charge in [-0.2, -0.15) is 0 Å². The van der Waals surface area contributed by atoms with Crippen LogP contribution in [0.1, 0.15) is 11.1 Å². The van der Waals surface area contributed by atoms with Gasteiger partial charge >= 0.3 is 11.4 Å². The van der Waals surface area contributed by atoms with E-state index in [1.807, 2.05) is 53.2 Å². The molecule has 1 N–H and O–H groups in total. The maximum atomic E-state index is 11.8. The van der Waals surface area contributed by atoms with Crippen molar-refractivity contribution in [2.45, 2.75) is 19.7 Å². The molecule has 0 atom stereocenters. The number of aromatic amines is 1. The minimum absolute atomic E-state index is 0.0979. The Morgan fingerprint density at radius 1 is 1.21 bits per heavy atom. The number of fused-ring (bicyclic) bond motifs is 1. The zero-order valence-electron chi connectivity index (χ0n) is 15.2. The fourth-order valence-corrected chi connectivity index (χ4v) is 3.61. The van der Waals surface area contributed by atoms with Crippen molar-refractivity contribution < 1.29 is 9.26 Å². The molecule has 0 aliphatic carbocycles. The van der Waals surface area contributed by atoms with E-state index in [2.05, 4.69) is 26.8 Å². The van der Waals surface area contributed by atoms with Crippen molar-refractivity contribution in [1.29, 1.82) is 0 Å². The highest BCUT2D eigenvalue weighted by Gasteiger charge is 2.13. The highest BCUT2D eigenvalue weighted by Crippen LogP contribution is 2.27. The first kappa shape index (κ1) is 18.9. The molecule has 146 valence electrons. The van der Waals surface area contributed by atoms with E-state index >= 15 is 0 Å². The SMILES string of the molecule is C#CCn1cc(Cn2oc(=O)[nH]c2=O)c2cc(OCc3cccc(Br)c3)ccc21. The fraction of sp³-hybridized carbons (Fsp3) is 0.143. The molecule has 0 aliphatic heterocycles. The van der Waals surface area contributed by atoms with Crippen LogP contribution in [0.4, 0.5) is 0 Å². The molecule has 0 radical (unpaired) electrons. The minimum Gasteiger partial charge on any atom is -0.489 e. The summed E-state index contributed by atoms with van der Waals surface area (Å²) >= 11 is 3.45. The van der Waals surface area contributed by atoms with Crippen LogP contribution in [0, 0.1) is 12.3 Å². The van der Waals surface area contributed by atoms with E-state index in [4.69, 9.17) is 15.7 Å². The third-order valence-electron chi connectivity index (χ3n) is 4.43. The Kier molecular flexibility index (Phi) is 5.14. The third kappa shape index (κ3) is 4.05. The zero-order chi connectivity index (χ0) is 20.4. The van der Waals surface area contributed by atoms with E-state index < -0.39 is 11.4 Å². The molecular weight excluding hydrogens is 438 g/mol. The van der Waals surface area contributed by atoms with Gasteiger partial charge in [-0.3, -0.25) is 0 Å². The fourth-order valence-electron chi connectivity index (χ4n) is 3.16. The van der Waals surface area contributed by atoms with Crippen LogP contribution in [0.3, 0.4) is 0 Å². The van der Waals surface area contributed by atoms with Gasteiger partial charge in [0.2, 0.25) is 0 Å². The molecule has 4 aromatic rings. The van der Waals surface area contributed by atoms with Gasteiger partial charge in [0.05, 0.1) is 13.1 Å². The van der Waals surface area contributed by atoms with Gasteiger partial charge in [0, 0.05) is 27.1 Å². The summed E-state index contributed by atoms with van der Waals surface area (Å²) in [4.78, 5) is 25.2. The second-order valence-corrected chi connectivity index (χ2v) is 7.35. The van der Waals surface area contributed by atoms with Crippen molar-refractivity contribution >= 4 is 26.8 Å². The van der Waals surface area contributed by atoms with Crippen molar-refractivity contribution in [3.8, 4) is 18.1 Å². The number of halogens is 1. The predicted octanol–water partition coefficient (Wildman–Crippen LogP) is 3.11. The lowest BCUT2D eigenvalue weighted by atomic mass is 10.1. The summed E-state index contributed by atoms with van der Waals surface area (Å²) in [5.41, 5.74) is 2.12. The Morgan fingerprint density at radius 3 is 2.79 bits per heavy atom. The van der Waals surface area contributed by atoms with Gasteiger partial charge in [0.25, 0.3) is 0 Å². The van der Waals surface area contributed by atoms with Crippen LogP contribution < -0.4 is 16.2 Å². The summed E-state index contributed by atoms with van der Waals surface area (Å²) in [6, 6.07) is 13.6. The molecule has 2 aromatic heterocycles. The van der Waals surface area contributed by atoms with E-state index in [0.29, 0.717) is 18.9 Å². The molecule has 0 saturated carbocycles. The molecule has 8 heteroatoms. The topological polar surface area (TPSA) is 82.2 Å². The summed E-state index contributed by atoms with van der Waals surface area (Å²) < 4.78 is 14.7. The smallest absolute Gasteiger partial charge is 0.440 e. The van der Waals surface area contributed by atoms with Gasteiger partial charge in [-0.15, -0.1) is 11.2 Å². The standard InChI is InChI=1S/C21H16BrN3O4/c1-2-8-24-11-15(12-25-20(26)23-21(27)29-25)18-10-17(6-7-19(18)24)28-13-14-4-3-5-16(22)9-14/h1,3-7,9-11H,8,12-13H2,(H,23,26,27). The van der Waals surface area contributed by atoms with Crippen molar-refractivity contribution in [3.05, 3.63) is 85.3 Å². The molecule has 2 aromatic carbocycles. The molecule has 2 heterocycles. The molecule has 0 spiro atoms. The van der Waals surface area contributed by atoms with Gasteiger partial charge in [-0.05, 0) is 35.9 Å². The second kappa shape index (κ2) is 7.89. The number of nitrogens with one attached hydrogen (secondary N) is 1. The lowest BCUT2D eigenvalue weighted by molar-refractivity contribution is 0.258. The number of H-pyrrole nitrogens is 1. The first-order valence-electron chi connectivity index (χ1n) is 8.76. The minimum atomic E-state index is -0.791. The maximum Gasteiger partial charge on any atom is 0.440 e. The molecule has 0 amide bonds. The number of hydrogen-bond acceptors (Lipinski definition) is 4. The molecule has 4 rings (SSSR count). The average Bonchev–Trinajstić information content (AvgIpc) is 3.19. The third-order valence-corrected chi connectivity index (χ3v) is 4.93. The van der Waals surface area contributed by atoms with Crippen LogP contribution >= 0.6 is 15.9 Å². The lowest BCUT2D eigenvalue weighted by Gasteiger charge is -2.08. The number of nitrogens with zero attached hydrogens (tertiary/aromatic N) is 2. The molecule has 0 fully saturated rings. The predicted molar refractivity (Wildman–Crippen MR) is 112 cm³/mol.